The number of carbonyl (C=O) groups is 1. The summed E-state index contributed by atoms with van der Waals surface area (Å²) in [5, 5.41) is 12.9. The van der Waals surface area contributed by atoms with E-state index >= 15 is 0 Å². The molecule has 0 spiro atoms. The first-order valence-electron chi connectivity index (χ1n) is 13.3. The SMILES string of the molecule is Cc1ccc(F)cc1-c1cc(C2CCC2)c(NC2C[C@@H]3CN(C(=O)C4CCOCC4)C[C@@H]3C2)nn1. The van der Waals surface area contributed by atoms with Gasteiger partial charge in [0, 0.05) is 49.4 Å². The van der Waals surface area contributed by atoms with Crippen molar-refractivity contribution in [2.45, 2.75) is 63.8 Å². The van der Waals surface area contributed by atoms with Gasteiger partial charge in [0.2, 0.25) is 5.91 Å². The average Bonchev–Trinajstić information content (AvgIpc) is 3.39. The number of hydrogen-bond acceptors (Lipinski definition) is 5. The van der Waals surface area contributed by atoms with Crippen LogP contribution in [-0.4, -0.2) is 53.3 Å². The van der Waals surface area contributed by atoms with Crippen molar-refractivity contribution in [3.63, 3.8) is 0 Å². The van der Waals surface area contributed by atoms with Gasteiger partial charge in [-0.15, -0.1) is 10.2 Å². The molecule has 3 heterocycles. The molecule has 6 rings (SSSR count). The van der Waals surface area contributed by atoms with Crippen molar-refractivity contribution in [2.24, 2.45) is 17.8 Å². The maximum atomic E-state index is 13.9. The van der Waals surface area contributed by atoms with Crippen LogP contribution in [0.5, 0.6) is 0 Å². The van der Waals surface area contributed by atoms with E-state index in [1.807, 2.05) is 6.92 Å². The average molecular weight is 479 g/mol. The Morgan fingerprint density at radius 1 is 1.06 bits per heavy atom. The van der Waals surface area contributed by atoms with E-state index in [9.17, 15) is 9.18 Å². The van der Waals surface area contributed by atoms with Crippen molar-refractivity contribution < 1.29 is 13.9 Å². The molecule has 4 fully saturated rings. The molecule has 6 nitrogen and oxygen atoms in total. The van der Waals surface area contributed by atoms with Crippen LogP contribution >= 0.6 is 0 Å². The van der Waals surface area contributed by atoms with Gasteiger partial charge < -0.3 is 15.0 Å². The van der Waals surface area contributed by atoms with Gasteiger partial charge in [-0.3, -0.25) is 4.79 Å². The number of amides is 1. The Balaban J connectivity index is 1.14. The van der Waals surface area contributed by atoms with Crippen LogP contribution in [0.25, 0.3) is 11.3 Å². The predicted octanol–water partition coefficient (Wildman–Crippen LogP) is 4.93. The minimum absolute atomic E-state index is 0.150. The normalized spacial score (nSPS) is 27.0. The standard InChI is InChI=1S/C28H35FN4O2/c1-17-5-6-22(29)13-24(17)26-14-25(18-3-2-4-18)27(32-31-26)30-23-11-20-15-33(16-21(20)12-23)28(34)19-7-9-35-10-8-19/h5-6,13-14,18-21,23H,2-4,7-12,15-16H2,1H3,(H,30,32)/t20-,21+,23?. The van der Waals surface area contributed by atoms with Gasteiger partial charge in [0.05, 0.1) is 5.69 Å². The molecular formula is C28H35FN4O2. The molecule has 1 amide bonds. The van der Waals surface area contributed by atoms with E-state index in [2.05, 4.69) is 26.5 Å². The van der Waals surface area contributed by atoms with Crippen LogP contribution in [0.4, 0.5) is 10.2 Å². The van der Waals surface area contributed by atoms with E-state index in [1.165, 1.54) is 30.9 Å². The Hall–Kier alpha value is -2.54. The number of aryl methyl sites for hydroxylation is 1. The van der Waals surface area contributed by atoms with Gasteiger partial charge in [-0.05, 0) is 87.0 Å². The van der Waals surface area contributed by atoms with Gasteiger partial charge in [-0.25, -0.2) is 4.39 Å². The van der Waals surface area contributed by atoms with E-state index in [-0.39, 0.29) is 11.7 Å². The molecule has 0 bridgehead atoms. The number of hydrogen-bond donors (Lipinski definition) is 1. The molecule has 35 heavy (non-hydrogen) atoms. The number of carbonyl (C=O) groups excluding carboxylic acids is 1. The third-order valence-electron chi connectivity index (χ3n) is 8.82. The van der Waals surface area contributed by atoms with Crippen molar-refractivity contribution in [3.8, 4) is 11.3 Å². The van der Waals surface area contributed by atoms with Crippen LogP contribution in [0.3, 0.4) is 0 Å². The summed E-state index contributed by atoms with van der Waals surface area (Å²) < 4.78 is 19.4. The third kappa shape index (κ3) is 4.55. The Morgan fingerprint density at radius 3 is 2.49 bits per heavy atom. The molecule has 7 heteroatoms. The number of nitrogens with zero attached hydrogens (tertiary/aromatic N) is 3. The zero-order valence-electron chi connectivity index (χ0n) is 20.5. The zero-order valence-corrected chi connectivity index (χ0v) is 20.5. The Kier molecular flexibility index (Phi) is 6.21. The summed E-state index contributed by atoms with van der Waals surface area (Å²) in [7, 11) is 0. The smallest absolute Gasteiger partial charge is 0.225 e. The summed E-state index contributed by atoms with van der Waals surface area (Å²) in [5.74, 6) is 2.75. The van der Waals surface area contributed by atoms with E-state index in [0.717, 1.165) is 61.4 Å². The maximum absolute atomic E-state index is 13.9. The van der Waals surface area contributed by atoms with Gasteiger partial charge in [0.1, 0.15) is 5.82 Å². The highest BCUT2D eigenvalue weighted by molar-refractivity contribution is 5.79. The largest absolute Gasteiger partial charge is 0.381 e. The second-order valence-electron chi connectivity index (χ2n) is 11.1. The van der Waals surface area contributed by atoms with Crippen LogP contribution in [0.2, 0.25) is 0 Å². The highest BCUT2D eigenvalue weighted by Crippen LogP contribution is 2.43. The van der Waals surface area contributed by atoms with Crippen LogP contribution in [0, 0.1) is 30.5 Å². The van der Waals surface area contributed by atoms with Crippen LogP contribution in [0.15, 0.2) is 24.3 Å². The van der Waals surface area contributed by atoms with Crippen molar-refractivity contribution in [1.29, 1.82) is 0 Å². The number of nitrogens with one attached hydrogen (secondary N) is 1. The molecule has 186 valence electrons. The maximum Gasteiger partial charge on any atom is 0.225 e. The lowest BCUT2D eigenvalue weighted by atomic mass is 9.80. The van der Waals surface area contributed by atoms with Crippen LogP contribution in [0.1, 0.15) is 62.0 Å². The van der Waals surface area contributed by atoms with Gasteiger partial charge in [-0.2, -0.15) is 0 Å². The summed E-state index contributed by atoms with van der Waals surface area (Å²) in [6, 6.07) is 7.34. The minimum atomic E-state index is -0.248. The highest BCUT2D eigenvalue weighted by Gasteiger charge is 2.44. The summed E-state index contributed by atoms with van der Waals surface area (Å²) in [5.41, 5.74) is 3.79. The van der Waals surface area contributed by atoms with Gasteiger partial charge in [0.25, 0.3) is 0 Å². The summed E-state index contributed by atoms with van der Waals surface area (Å²) >= 11 is 0. The van der Waals surface area contributed by atoms with Gasteiger partial charge in [0.15, 0.2) is 5.82 Å². The number of rotatable bonds is 5. The number of aromatic nitrogens is 2. The molecule has 4 aliphatic rings. The topological polar surface area (TPSA) is 67.4 Å². The fourth-order valence-electron chi connectivity index (χ4n) is 6.54. The molecule has 1 aromatic carbocycles. The molecule has 2 aliphatic heterocycles. The summed E-state index contributed by atoms with van der Waals surface area (Å²) in [4.78, 5) is 15.1. The Morgan fingerprint density at radius 2 is 1.80 bits per heavy atom. The van der Waals surface area contributed by atoms with Crippen LogP contribution < -0.4 is 5.32 Å². The molecule has 2 saturated carbocycles. The number of anilines is 1. The second-order valence-corrected chi connectivity index (χ2v) is 11.1. The lowest BCUT2D eigenvalue weighted by Crippen LogP contribution is -2.38. The van der Waals surface area contributed by atoms with Crippen LogP contribution in [-0.2, 0) is 9.53 Å². The second kappa shape index (κ2) is 9.49. The molecular weight excluding hydrogens is 443 g/mol. The Bertz CT molecular complexity index is 1080. The number of benzene rings is 1. The first kappa shape index (κ1) is 22.9. The lowest BCUT2D eigenvalue weighted by molar-refractivity contribution is -0.137. The van der Waals surface area contributed by atoms with Gasteiger partial charge >= 0.3 is 0 Å². The monoisotopic (exact) mass is 478 g/mol. The minimum Gasteiger partial charge on any atom is -0.381 e. The number of halogens is 1. The molecule has 0 radical (unpaired) electrons. The van der Waals surface area contributed by atoms with Crippen molar-refractivity contribution in [3.05, 3.63) is 41.2 Å². The molecule has 1 N–H and O–H groups in total. The summed E-state index contributed by atoms with van der Waals surface area (Å²) in [6.07, 6.45) is 7.44. The lowest BCUT2D eigenvalue weighted by Gasteiger charge is -2.29. The number of ether oxygens (including phenoxy) is 1. The summed E-state index contributed by atoms with van der Waals surface area (Å²) in [6.45, 7) is 5.19. The Labute approximate surface area is 206 Å². The molecule has 1 aromatic heterocycles. The van der Waals surface area contributed by atoms with E-state index in [1.54, 1.807) is 12.1 Å². The molecule has 3 atom stereocenters. The number of fused-ring (bicyclic) bond motifs is 1. The third-order valence-corrected chi connectivity index (χ3v) is 8.82. The van der Waals surface area contributed by atoms with Crippen molar-refractivity contribution >= 4 is 11.7 Å². The predicted molar refractivity (Wildman–Crippen MR) is 133 cm³/mol. The van der Waals surface area contributed by atoms with Crippen molar-refractivity contribution in [2.75, 3.05) is 31.6 Å². The molecule has 2 aliphatic carbocycles. The zero-order chi connectivity index (χ0) is 23.9. The highest BCUT2D eigenvalue weighted by atomic mass is 19.1. The molecule has 1 unspecified atom stereocenters. The molecule has 2 saturated heterocycles. The van der Waals surface area contributed by atoms with E-state index in [4.69, 9.17) is 4.74 Å². The van der Waals surface area contributed by atoms with Crippen molar-refractivity contribution in [1.82, 2.24) is 15.1 Å². The number of likely N-dealkylation sites (tertiary alicyclic amines) is 1. The first-order valence-corrected chi connectivity index (χ1v) is 13.3. The molecule has 2 aromatic rings. The first-order chi connectivity index (χ1) is 17.0. The van der Waals surface area contributed by atoms with E-state index < -0.39 is 0 Å². The quantitative estimate of drug-likeness (QED) is 0.660. The van der Waals surface area contributed by atoms with E-state index in [0.29, 0.717) is 42.9 Å². The van der Waals surface area contributed by atoms with Gasteiger partial charge in [-0.1, -0.05) is 12.5 Å². The fourth-order valence-corrected chi connectivity index (χ4v) is 6.54. The fraction of sp³-hybridized carbons (Fsp3) is 0.607.